The number of rotatable bonds is 3. The van der Waals surface area contributed by atoms with E-state index in [4.69, 9.17) is 0 Å². The summed E-state index contributed by atoms with van der Waals surface area (Å²) >= 11 is 0. The second-order valence-electron chi connectivity index (χ2n) is 5.24. The van der Waals surface area contributed by atoms with Crippen LogP contribution in [0.3, 0.4) is 0 Å². The van der Waals surface area contributed by atoms with Crippen molar-refractivity contribution < 1.29 is 15.3 Å². The van der Waals surface area contributed by atoms with Crippen molar-refractivity contribution in [3.8, 4) is 17.2 Å². The molecule has 0 unspecified atom stereocenters. The van der Waals surface area contributed by atoms with E-state index in [1.54, 1.807) is 0 Å². The number of aromatic amines is 1. The van der Waals surface area contributed by atoms with Gasteiger partial charge in [-0.1, -0.05) is 18.2 Å². The van der Waals surface area contributed by atoms with Gasteiger partial charge in [-0.15, -0.1) is 10.2 Å². The largest absolute Gasteiger partial charge is 0.504 e. The number of nitrogens with one attached hydrogen (secondary N) is 2. The number of phenolic OH excluding ortho intramolecular Hbond substituents is 3. The summed E-state index contributed by atoms with van der Waals surface area (Å²) in [6.07, 6.45) is 1.26. The summed E-state index contributed by atoms with van der Waals surface area (Å²) in [4.78, 5) is 7.43. The summed E-state index contributed by atoms with van der Waals surface area (Å²) in [5.41, 5.74) is 4.94. The van der Waals surface area contributed by atoms with E-state index in [-0.39, 0.29) is 11.5 Å². The van der Waals surface area contributed by atoms with Gasteiger partial charge in [-0.05, 0) is 18.2 Å². The van der Waals surface area contributed by atoms with Gasteiger partial charge >= 0.3 is 0 Å². The summed E-state index contributed by atoms with van der Waals surface area (Å²) in [5, 5.41) is 41.4. The summed E-state index contributed by atoms with van der Waals surface area (Å²) < 4.78 is 0. The summed E-state index contributed by atoms with van der Waals surface area (Å²) in [5.74, 6) is -1.34. The van der Waals surface area contributed by atoms with Crippen LogP contribution in [0.1, 0.15) is 5.56 Å². The van der Waals surface area contributed by atoms with E-state index in [2.05, 4.69) is 30.7 Å². The Balaban J connectivity index is 1.61. The molecule has 2 aromatic carbocycles. The molecule has 4 aromatic rings. The number of anilines is 1. The number of benzene rings is 2. The van der Waals surface area contributed by atoms with Gasteiger partial charge in [0.2, 0.25) is 5.75 Å². The molecule has 2 aromatic heterocycles. The minimum Gasteiger partial charge on any atom is -0.504 e. The number of hydrogen-bond donors (Lipinski definition) is 5. The molecule has 0 saturated carbocycles. The number of fused-ring (bicyclic) bond motifs is 3. The molecular formula is C16H12N6O3. The third kappa shape index (κ3) is 2.53. The average Bonchev–Trinajstić information content (AvgIpc) is 2.99. The van der Waals surface area contributed by atoms with Crippen LogP contribution in [0.2, 0.25) is 0 Å². The summed E-state index contributed by atoms with van der Waals surface area (Å²) in [6, 6.07) is 10.3. The maximum absolute atomic E-state index is 9.72. The fourth-order valence-corrected chi connectivity index (χ4v) is 2.42. The zero-order chi connectivity index (χ0) is 17.4. The van der Waals surface area contributed by atoms with Crippen LogP contribution >= 0.6 is 0 Å². The normalized spacial score (nSPS) is 11.5. The Morgan fingerprint density at radius 3 is 2.72 bits per heavy atom. The van der Waals surface area contributed by atoms with E-state index in [9.17, 15) is 15.3 Å². The molecule has 25 heavy (non-hydrogen) atoms. The van der Waals surface area contributed by atoms with Gasteiger partial charge in [0.05, 0.1) is 6.21 Å². The van der Waals surface area contributed by atoms with Crippen LogP contribution in [0.5, 0.6) is 17.2 Å². The van der Waals surface area contributed by atoms with Crippen LogP contribution in [0, 0.1) is 0 Å². The fraction of sp³-hybridized carbons (Fsp3) is 0. The topological polar surface area (TPSA) is 140 Å². The van der Waals surface area contributed by atoms with Crippen molar-refractivity contribution in [3.63, 3.8) is 0 Å². The number of hydrogen-bond acceptors (Lipinski definition) is 8. The summed E-state index contributed by atoms with van der Waals surface area (Å²) in [7, 11) is 0. The molecule has 0 radical (unpaired) electrons. The quantitative estimate of drug-likeness (QED) is 0.219. The van der Waals surface area contributed by atoms with Gasteiger partial charge in [0, 0.05) is 16.5 Å². The molecule has 0 aliphatic carbocycles. The lowest BCUT2D eigenvalue weighted by Crippen LogP contribution is -1.99. The highest BCUT2D eigenvalue weighted by molar-refractivity contribution is 6.03. The van der Waals surface area contributed by atoms with Gasteiger partial charge in [-0.3, -0.25) is 0 Å². The number of H-pyrrole nitrogens is 1. The average molecular weight is 336 g/mol. The number of para-hydroxylation sites is 1. The van der Waals surface area contributed by atoms with Crippen LogP contribution in [0.25, 0.3) is 22.1 Å². The molecule has 5 N–H and O–H groups in total. The molecule has 9 heteroatoms. The highest BCUT2D eigenvalue weighted by Gasteiger charge is 2.10. The van der Waals surface area contributed by atoms with Crippen molar-refractivity contribution in [1.29, 1.82) is 0 Å². The monoisotopic (exact) mass is 336 g/mol. The van der Waals surface area contributed by atoms with E-state index in [0.717, 1.165) is 10.9 Å². The lowest BCUT2D eigenvalue weighted by molar-refractivity contribution is 0.367. The number of aromatic nitrogens is 4. The second-order valence-corrected chi connectivity index (χ2v) is 5.24. The molecule has 0 saturated heterocycles. The molecule has 124 valence electrons. The number of nitrogens with zero attached hydrogens (tertiary/aromatic N) is 4. The molecule has 0 fully saturated rings. The third-order valence-corrected chi connectivity index (χ3v) is 3.65. The predicted molar refractivity (Wildman–Crippen MR) is 91.8 cm³/mol. The minimum atomic E-state index is -0.610. The Morgan fingerprint density at radius 1 is 1.00 bits per heavy atom. The highest BCUT2D eigenvalue weighted by atomic mass is 16.3. The predicted octanol–water partition coefficient (Wildman–Crippen LogP) is 2.07. The Labute approximate surface area is 140 Å². The maximum atomic E-state index is 9.72. The lowest BCUT2D eigenvalue weighted by Gasteiger charge is -2.03. The summed E-state index contributed by atoms with van der Waals surface area (Å²) in [6.45, 7) is 0. The molecule has 2 heterocycles. The van der Waals surface area contributed by atoms with E-state index in [0.29, 0.717) is 11.2 Å². The molecule has 9 nitrogen and oxygen atoms in total. The maximum Gasteiger partial charge on any atom is 0.265 e. The van der Waals surface area contributed by atoms with Gasteiger partial charge in [-0.2, -0.15) is 10.1 Å². The Morgan fingerprint density at radius 2 is 1.84 bits per heavy atom. The first-order valence-electron chi connectivity index (χ1n) is 7.27. The Bertz CT molecular complexity index is 1120. The van der Waals surface area contributed by atoms with Crippen molar-refractivity contribution in [2.24, 2.45) is 5.10 Å². The van der Waals surface area contributed by atoms with Gasteiger partial charge in [0.1, 0.15) is 5.52 Å². The Hall–Kier alpha value is -3.88. The highest BCUT2D eigenvalue weighted by Crippen LogP contribution is 2.36. The fourth-order valence-electron chi connectivity index (χ4n) is 2.42. The zero-order valence-electron chi connectivity index (χ0n) is 12.7. The van der Waals surface area contributed by atoms with Gasteiger partial charge in [0.15, 0.2) is 17.1 Å². The number of hydrazone groups is 1. The van der Waals surface area contributed by atoms with Crippen molar-refractivity contribution in [3.05, 3.63) is 42.0 Å². The van der Waals surface area contributed by atoms with Gasteiger partial charge in [0.25, 0.3) is 5.95 Å². The number of aromatic hydroxyl groups is 3. The van der Waals surface area contributed by atoms with Crippen molar-refractivity contribution in [1.82, 2.24) is 20.2 Å². The van der Waals surface area contributed by atoms with Crippen LogP contribution in [0.15, 0.2) is 41.5 Å². The standard InChI is InChI=1S/C16H12N6O3/c23-11-6-5-8(13(24)14(11)25)7-17-21-16-19-15-12(20-22-16)9-3-1-2-4-10(9)18-15/h1-7,23-25H,(H2,18,19,21,22)/b17-7-. The molecule has 4 rings (SSSR count). The zero-order valence-corrected chi connectivity index (χ0v) is 12.7. The molecule has 0 aliphatic heterocycles. The first-order chi connectivity index (χ1) is 12.1. The van der Waals surface area contributed by atoms with Crippen molar-refractivity contribution >= 4 is 34.2 Å². The van der Waals surface area contributed by atoms with Crippen LogP contribution in [-0.2, 0) is 0 Å². The van der Waals surface area contributed by atoms with E-state index in [1.165, 1.54) is 18.3 Å². The number of phenols is 3. The molecule has 0 atom stereocenters. The minimum absolute atomic E-state index is 0.165. The molecule has 0 spiro atoms. The van der Waals surface area contributed by atoms with Crippen LogP contribution in [0.4, 0.5) is 5.95 Å². The third-order valence-electron chi connectivity index (χ3n) is 3.65. The van der Waals surface area contributed by atoms with E-state index < -0.39 is 17.2 Å². The molecule has 0 bridgehead atoms. The van der Waals surface area contributed by atoms with E-state index >= 15 is 0 Å². The molecule has 0 amide bonds. The van der Waals surface area contributed by atoms with Crippen LogP contribution < -0.4 is 5.43 Å². The lowest BCUT2D eigenvalue weighted by atomic mass is 10.2. The van der Waals surface area contributed by atoms with E-state index in [1.807, 2.05) is 24.3 Å². The SMILES string of the molecule is Oc1ccc(/C=N\Nc2nnc3c(n2)[nH]c2ccccc23)c(O)c1O. The van der Waals surface area contributed by atoms with Gasteiger partial charge in [-0.25, -0.2) is 5.43 Å². The second kappa shape index (κ2) is 5.64. The van der Waals surface area contributed by atoms with Crippen LogP contribution in [-0.4, -0.2) is 41.7 Å². The molecular weight excluding hydrogens is 324 g/mol. The van der Waals surface area contributed by atoms with Gasteiger partial charge < -0.3 is 20.3 Å². The molecule has 0 aliphatic rings. The van der Waals surface area contributed by atoms with Crippen molar-refractivity contribution in [2.45, 2.75) is 0 Å². The first kappa shape index (κ1) is 14.7. The Kier molecular flexibility index (Phi) is 3.31. The van der Waals surface area contributed by atoms with Crippen molar-refractivity contribution in [2.75, 3.05) is 5.43 Å². The first-order valence-corrected chi connectivity index (χ1v) is 7.27. The smallest absolute Gasteiger partial charge is 0.265 e.